The third-order valence-corrected chi connectivity index (χ3v) is 0.206. The summed E-state index contributed by atoms with van der Waals surface area (Å²) in [5.74, 6) is 0. The summed E-state index contributed by atoms with van der Waals surface area (Å²) in [6, 6.07) is 0. The quantitative estimate of drug-likeness (QED) is 0.345. The van der Waals surface area contributed by atoms with Gasteiger partial charge < -0.3 is 0 Å². The molecule has 1 nitrogen and oxygen atoms in total. The second-order valence-corrected chi connectivity index (χ2v) is 0.528. The summed E-state index contributed by atoms with van der Waals surface area (Å²) in [4.78, 5) is 2.94. The normalized spacial score (nSPS) is 4.83. The van der Waals surface area contributed by atoms with E-state index >= 15 is 0 Å². The standard InChI is InChI=1S/C4H3FO/c1-2-3-4-6-5/h4H,1H2. The number of hydrogen-bond acceptors (Lipinski definition) is 1. The zero-order valence-corrected chi connectivity index (χ0v) is 3.07. The van der Waals surface area contributed by atoms with Crippen molar-refractivity contribution in [2.75, 3.05) is 0 Å². The summed E-state index contributed by atoms with van der Waals surface area (Å²) in [6.07, 6.45) is 0.715. The molecule has 0 atom stereocenters. The maximum atomic E-state index is 10.5. The molecule has 0 N–H and O–H groups in total. The van der Waals surface area contributed by atoms with Gasteiger partial charge in [-0.3, -0.25) is 4.94 Å². The Morgan fingerprint density at radius 2 is 2.50 bits per heavy atom. The first kappa shape index (κ1) is 5.03. The lowest BCUT2D eigenvalue weighted by molar-refractivity contribution is -0.0613. The minimum atomic E-state index is 0.715. The van der Waals surface area contributed by atoms with Crippen molar-refractivity contribution in [1.82, 2.24) is 0 Å². The molecule has 0 aliphatic rings. The number of halogens is 1. The fourth-order valence-corrected chi connectivity index (χ4v) is 0.0639. The molecule has 32 valence electrons. The van der Waals surface area contributed by atoms with E-state index in [2.05, 4.69) is 23.0 Å². The lowest BCUT2D eigenvalue weighted by Crippen LogP contribution is -1.45. The molecule has 0 unspecified atom stereocenters. The zero-order valence-electron chi connectivity index (χ0n) is 3.07. The molecule has 0 saturated carbocycles. The van der Waals surface area contributed by atoms with Crippen LogP contribution in [0.4, 0.5) is 4.53 Å². The van der Waals surface area contributed by atoms with Gasteiger partial charge in [0, 0.05) is 4.53 Å². The van der Waals surface area contributed by atoms with Crippen LogP contribution in [0.5, 0.6) is 0 Å². The van der Waals surface area contributed by atoms with Gasteiger partial charge in [-0.25, -0.2) is 0 Å². The number of hydrogen-bond donors (Lipinski definition) is 0. The van der Waals surface area contributed by atoms with Crippen molar-refractivity contribution >= 4 is 0 Å². The summed E-state index contributed by atoms with van der Waals surface area (Å²) in [7, 11) is 0. The molecule has 0 radical (unpaired) electrons. The third-order valence-electron chi connectivity index (χ3n) is 0.206. The molecule has 0 saturated heterocycles. The Morgan fingerprint density at radius 1 is 1.83 bits per heavy atom. The highest BCUT2D eigenvalue weighted by atomic mass is 19.3. The third kappa shape index (κ3) is 3.03. The van der Waals surface area contributed by atoms with Crippen molar-refractivity contribution in [1.29, 1.82) is 0 Å². The van der Waals surface area contributed by atoms with E-state index in [9.17, 15) is 4.53 Å². The lowest BCUT2D eigenvalue weighted by atomic mass is 10.8. The zero-order chi connectivity index (χ0) is 4.83. The highest BCUT2D eigenvalue weighted by molar-refractivity contribution is 4.71. The van der Waals surface area contributed by atoms with Crippen molar-refractivity contribution in [2.45, 2.75) is 0 Å². The van der Waals surface area contributed by atoms with Crippen LogP contribution in [0, 0.1) is 0 Å². The monoisotopic (exact) mass is 86.0 g/mol. The molecule has 0 aliphatic heterocycles. The first-order valence-corrected chi connectivity index (χ1v) is 1.28. The van der Waals surface area contributed by atoms with E-state index in [0.717, 1.165) is 0 Å². The average molecular weight is 86.1 g/mol. The van der Waals surface area contributed by atoms with Crippen molar-refractivity contribution in [3.63, 3.8) is 0 Å². The van der Waals surface area contributed by atoms with Crippen LogP contribution >= 0.6 is 0 Å². The van der Waals surface area contributed by atoms with E-state index in [0.29, 0.717) is 6.26 Å². The Labute approximate surface area is 34.9 Å². The van der Waals surface area contributed by atoms with E-state index in [-0.39, 0.29) is 0 Å². The summed E-state index contributed by atoms with van der Waals surface area (Å²) in [6.45, 7) is 3.08. The molecule has 0 fully saturated rings. The maximum absolute atomic E-state index is 10.5. The topological polar surface area (TPSA) is 9.23 Å². The van der Waals surface area contributed by atoms with Crippen LogP contribution in [-0.4, -0.2) is 0 Å². The minimum Gasteiger partial charge on any atom is -0.293 e. The molecule has 0 amide bonds. The molecular formula is C4H3FO. The van der Waals surface area contributed by atoms with Crippen molar-refractivity contribution < 1.29 is 9.47 Å². The average Bonchev–Trinajstić information content (AvgIpc) is 1.61. The van der Waals surface area contributed by atoms with Crippen LogP contribution < -0.4 is 0 Å². The van der Waals surface area contributed by atoms with Crippen molar-refractivity contribution in [2.24, 2.45) is 0 Å². The van der Waals surface area contributed by atoms with Gasteiger partial charge in [-0.2, -0.15) is 0 Å². The summed E-state index contributed by atoms with van der Waals surface area (Å²) < 4.78 is 10.5. The molecule has 0 aromatic carbocycles. The minimum absolute atomic E-state index is 0.715. The van der Waals surface area contributed by atoms with Crippen LogP contribution in [0.15, 0.2) is 24.3 Å². The van der Waals surface area contributed by atoms with Gasteiger partial charge in [-0.05, 0) is 12.3 Å². The van der Waals surface area contributed by atoms with Gasteiger partial charge in [0.15, 0.2) is 6.26 Å². The molecule has 2 heteroatoms. The molecule has 0 heterocycles. The molecule has 0 aromatic heterocycles. The number of rotatable bonds is 1. The largest absolute Gasteiger partial charge is 0.293 e. The van der Waals surface area contributed by atoms with Crippen molar-refractivity contribution in [3.05, 3.63) is 24.3 Å². The van der Waals surface area contributed by atoms with Gasteiger partial charge >= 0.3 is 0 Å². The molecule has 0 spiro atoms. The van der Waals surface area contributed by atoms with E-state index in [1.807, 2.05) is 0 Å². The summed E-state index contributed by atoms with van der Waals surface area (Å²) in [5, 5.41) is 0. The first-order valence-electron chi connectivity index (χ1n) is 1.28. The van der Waals surface area contributed by atoms with Gasteiger partial charge in [0.1, 0.15) is 0 Å². The molecule has 0 aromatic rings. The smallest absolute Gasteiger partial charge is 0.186 e. The molecule has 0 aliphatic carbocycles. The highest BCUT2D eigenvalue weighted by Gasteiger charge is 1.51. The predicted octanol–water partition coefficient (Wildman–Crippen LogP) is 1.34. The fraction of sp³-hybridized carbons (Fsp3) is 0. The van der Waals surface area contributed by atoms with E-state index in [4.69, 9.17) is 0 Å². The fourth-order valence-electron chi connectivity index (χ4n) is 0.0639. The van der Waals surface area contributed by atoms with Gasteiger partial charge in [0.2, 0.25) is 0 Å². The van der Waals surface area contributed by atoms with Crippen LogP contribution in [0.2, 0.25) is 0 Å². The van der Waals surface area contributed by atoms with Gasteiger partial charge in [0.05, 0.1) is 0 Å². The van der Waals surface area contributed by atoms with Gasteiger partial charge in [0.25, 0.3) is 0 Å². The second-order valence-electron chi connectivity index (χ2n) is 0.528. The highest BCUT2D eigenvalue weighted by Crippen LogP contribution is 1.67. The van der Waals surface area contributed by atoms with E-state index in [1.165, 1.54) is 0 Å². The Hall–Kier alpha value is -0.970. The first-order chi connectivity index (χ1) is 2.91. The van der Waals surface area contributed by atoms with Crippen LogP contribution in [0.1, 0.15) is 0 Å². The second kappa shape index (κ2) is 4.03. The van der Waals surface area contributed by atoms with E-state index in [1.54, 1.807) is 0 Å². The molecule has 0 rings (SSSR count). The van der Waals surface area contributed by atoms with Crippen molar-refractivity contribution in [3.8, 4) is 0 Å². The molecule has 6 heavy (non-hydrogen) atoms. The maximum Gasteiger partial charge on any atom is 0.186 e. The summed E-state index contributed by atoms with van der Waals surface area (Å²) >= 11 is 0. The molecular weight excluding hydrogens is 83.0 g/mol. The van der Waals surface area contributed by atoms with Crippen LogP contribution in [0.25, 0.3) is 0 Å². The Kier molecular flexibility index (Phi) is 3.38. The van der Waals surface area contributed by atoms with Crippen LogP contribution in [-0.2, 0) is 4.94 Å². The van der Waals surface area contributed by atoms with E-state index < -0.39 is 0 Å². The Morgan fingerprint density at radius 3 is 2.67 bits per heavy atom. The van der Waals surface area contributed by atoms with Crippen LogP contribution in [0.3, 0.4) is 0 Å². The van der Waals surface area contributed by atoms with Gasteiger partial charge in [-0.15, -0.1) is 0 Å². The lowest BCUT2D eigenvalue weighted by Gasteiger charge is -1.62. The van der Waals surface area contributed by atoms with Gasteiger partial charge in [-0.1, -0.05) is 5.73 Å². The Bertz CT molecular complexity index is 96.1. The predicted molar refractivity (Wildman–Crippen MR) is 19.4 cm³/mol. The summed E-state index contributed by atoms with van der Waals surface area (Å²) in [5.41, 5.74) is 4.26. The SMILES string of the molecule is C=C=C=COF. The Balaban J connectivity index is 3.47. The molecule has 0 bridgehead atoms.